The second-order valence-electron chi connectivity index (χ2n) is 4.79. The first kappa shape index (κ1) is 12.8. The number of rotatable bonds is 7. The van der Waals surface area contributed by atoms with Gasteiger partial charge in [-0.2, -0.15) is 11.3 Å². The van der Waals surface area contributed by atoms with Crippen LogP contribution in [0.4, 0.5) is 0 Å². The molecule has 1 aromatic heterocycles. The van der Waals surface area contributed by atoms with Gasteiger partial charge in [0.25, 0.3) is 0 Å². The maximum atomic E-state index is 2.41. The third-order valence-corrected chi connectivity index (χ3v) is 4.10. The molecule has 1 aromatic rings. The first-order valence-corrected chi connectivity index (χ1v) is 7.19. The van der Waals surface area contributed by atoms with Gasteiger partial charge >= 0.3 is 0 Å². The van der Waals surface area contributed by atoms with Crippen molar-refractivity contribution >= 4 is 11.3 Å². The summed E-state index contributed by atoms with van der Waals surface area (Å²) in [6, 6.07) is 2.26. The monoisotopic (exact) mass is 224 g/mol. The molecule has 0 nitrogen and oxygen atoms in total. The highest BCUT2D eigenvalue weighted by molar-refractivity contribution is 7.07. The zero-order chi connectivity index (χ0) is 11.1. The van der Waals surface area contributed by atoms with E-state index in [-0.39, 0.29) is 0 Å². The van der Waals surface area contributed by atoms with Crippen LogP contribution in [0.25, 0.3) is 0 Å². The fourth-order valence-electron chi connectivity index (χ4n) is 1.98. The maximum absolute atomic E-state index is 2.41. The molecule has 0 aliphatic rings. The van der Waals surface area contributed by atoms with Gasteiger partial charge in [-0.05, 0) is 40.6 Å². The van der Waals surface area contributed by atoms with E-state index in [2.05, 4.69) is 37.6 Å². The molecule has 1 heterocycles. The summed E-state index contributed by atoms with van der Waals surface area (Å²) in [4.78, 5) is 0. The molecule has 0 fully saturated rings. The van der Waals surface area contributed by atoms with Crippen LogP contribution in [-0.4, -0.2) is 0 Å². The van der Waals surface area contributed by atoms with Crippen LogP contribution in [0.2, 0.25) is 0 Å². The van der Waals surface area contributed by atoms with E-state index in [4.69, 9.17) is 0 Å². The van der Waals surface area contributed by atoms with Crippen molar-refractivity contribution in [3.63, 3.8) is 0 Å². The Hall–Kier alpha value is -0.300. The summed E-state index contributed by atoms with van der Waals surface area (Å²) in [5.41, 5.74) is 1.52. The highest BCUT2D eigenvalue weighted by Crippen LogP contribution is 2.23. The molecular weight excluding hydrogens is 200 g/mol. The summed E-state index contributed by atoms with van der Waals surface area (Å²) >= 11 is 1.81. The highest BCUT2D eigenvalue weighted by Gasteiger charge is 2.12. The second-order valence-corrected chi connectivity index (χ2v) is 5.57. The van der Waals surface area contributed by atoms with Gasteiger partial charge in [0, 0.05) is 0 Å². The Bertz CT molecular complexity index is 238. The Morgan fingerprint density at radius 1 is 1.20 bits per heavy atom. The minimum absolute atomic E-state index is 0.830. The van der Waals surface area contributed by atoms with Gasteiger partial charge < -0.3 is 0 Å². The molecule has 0 aromatic carbocycles. The van der Waals surface area contributed by atoms with E-state index in [1.54, 1.807) is 0 Å². The van der Waals surface area contributed by atoms with Crippen molar-refractivity contribution in [2.24, 2.45) is 11.8 Å². The summed E-state index contributed by atoms with van der Waals surface area (Å²) in [6.45, 7) is 7.08. The van der Waals surface area contributed by atoms with E-state index in [9.17, 15) is 0 Å². The molecular formula is C14H24S. The van der Waals surface area contributed by atoms with Gasteiger partial charge in [0.1, 0.15) is 0 Å². The number of unbranched alkanes of at least 4 members (excludes halogenated alkanes) is 2. The Balaban J connectivity index is 2.23. The lowest BCUT2D eigenvalue weighted by Crippen LogP contribution is -2.10. The summed E-state index contributed by atoms with van der Waals surface area (Å²) in [7, 11) is 0. The molecule has 0 amide bonds. The standard InChI is InChI=1S/C14H24S/c1-4-5-6-7-12(2)13(3)10-14-8-9-15-11-14/h8-9,11-13H,4-7,10H2,1-3H3. The first-order chi connectivity index (χ1) is 7.24. The normalized spacial score (nSPS) is 15.1. The van der Waals surface area contributed by atoms with Gasteiger partial charge in [0.15, 0.2) is 0 Å². The van der Waals surface area contributed by atoms with Crippen molar-refractivity contribution in [1.82, 2.24) is 0 Å². The van der Waals surface area contributed by atoms with E-state index >= 15 is 0 Å². The van der Waals surface area contributed by atoms with E-state index in [0.29, 0.717) is 0 Å². The molecule has 0 aliphatic carbocycles. The topological polar surface area (TPSA) is 0 Å². The minimum Gasteiger partial charge on any atom is -0.152 e. The molecule has 0 radical (unpaired) electrons. The Morgan fingerprint density at radius 2 is 2.00 bits per heavy atom. The smallest absolute Gasteiger partial charge is 0.00612 e. The molecule has 15 heavy (non-hydrogen) atoms. The van der Waals surface area contributed by atoms with Gasteiger partial charge in [-0.15, -0.1) is 0 Å². The third-order valence-electron chi connectivity index (χ3n) is 3.37. The number of thiophene rings is 1. The summed E-state index contributed by atoms with van der Waals surface area (Å²) in [5.74, 6) is 1.70. The lowest BCUT2D eigenvalue weighted by molar-refractivity contribution is 0.351. The van der Waals surface area contributed by atoms with Crippen LogP contribution < -0.4 is 0 Å². The molecule has 0 N–H and O–H groups in total. The number of hydrogen-bond donors (Lipinski definition) is 0. The molecule has 2 unspecified atom stereocenters. The molecule has 1 heteroatoms. The third kappa shape index (κ3) is 4.83. The van der Waals surface area contributed by atoms with Crippen molar-refractivity contribution in [3.05, 3.63) is 22.4 Å². The van der Waals surface area contributed by atoms with Gasteiger partial charge in [-0.25, -0.2) is 0 Å². The van der Waals surface area contributed by atoms with Crippen LogP contribution >= 0.6 is 11.3 Å². The van der Waals surface area contributed by atoms with Crippen LogP contribution in [0.15, 0.2) is 16.8 Å². The summed E-state index contributed by atoms with van der Waals surface area (Å²) in [6.07, 6.45) is 6.81. The number of hydrogen-bond acceptors (Lipinski definition) is 1. The first-order valence-electron chi connectivity index (χ1n) is 6.25. The van der Waals surface area contributed by atoms with Crippen molar-refractivity contribution < 1.29 is 0 Å². The molecule has 0 aliphatic heterocycles. The van der Waals surface area contributed by atoms with E-state index < -0.39 is 0 Å². The Labute approximate surface area is 98.7 Å². The van der Waals surface area contributed by atoms with E-state index in [1.165, 1.54) is 37.7 Å². The lowest BCUT2D eigenvalue weighted by Gasteiger charge is -2.19. The lowest BCUT2D eigenvalue weighted by atomic mass is 9.87. The molecule has 1 rings (SSSR count). The zero-order valence-corrected chi connectivity index (χ0v) is 11.1. The summed E-state index contributed by atoms with van der Waals surface area (Å²) in [5, 5.41) is 4.47. The fraction of sp³-hybridized carbons (Fsp3) is 0.714. The van der Waals surface area contributed by atoms with Crippen LogP contribution in [0, 0.1) is 11.8 Å². The van der Waals surface area contributed by atoms with Gasteiger partial charge in [0.05, 0.1) is 0 Å². The van der Waals surface area contributed by atoms with Gasteiger partial charge in [-0.3, -0.25) is 0 Å². The van der Waals surface area contributed by atoms with Crippen molar-refractivity contribution in [2.45, 2.75) is 52.9 Å². The molecule has 0 saturated carbocycles. The van der Waals surface area contributed by atoms with E-state index in [0.717, 1.165) is 11.8 Å². The Kier molecular flexibility index (Phi) is 6.00. The molecule has 0 bridgehead atoms. The molecule has 2 atom stereocenters. The molecule has 86 valence electrons. The fourth-order valence-corrected chi connectivity index (χ4v) is 2.66. The maximum Gasteiger partial charge on any atom is -0.00612 e. The van der Waals surface area contributed by atoms with Crippen molar-refractivity contribution in [1.29, 1.82) is 0 Å². The average Bonchev–Trinajstić information content (AvgIpc) is 2.70. The SMILES string of the molecule is CCCCCC(C)C(C)Cc1ccsc1. The summed E-state index contributed by atoms with van der Waals surface area (Å²) < 4.78 is 0. The van der Waals surface area contributed by atoms with Gasteiger partial charge in [0.2, 0.25) is 0 Å². The predicted octanol–water partition coefficient (Wildman–Crippen LogP) is 5.14. The largest absolute Gasteiger partial charge is 0.152 e. The highest BCUT2D eigenvalue weighted by atomic mass is 32.1. The van der Waals surface area contributed by atoms with Crippen LogP contribution in [0.3, 0.4) is 0 Å². The van der Waals surface area contributed by atoms with Crippen molar-refractivity contribution in [2.75, 3.05) is 0 Å². The Morgan fingerprint density at radius 3 is 2.60 bits per heavy atom. The zero-order valence-electron chi connectivity index (χ0n) is 10.3. The van der Waals surface area contributed by atoms with Gasteiger partial charge in [-0.1, -0.05) is 46.5 Å². The van der Waals surface area contributed by atoms with Crippen LogP contribution in [-0.2, 0) is 6.42 Å². The second kappa shape index (κ2) is 7.05. The van der Waals surface area contributed by atoms with Crippen molar-refractivity contribution in [3.8, 4) is 0 Å². The van der Waals surface area contributed by atoms with E-state index in [1.807, 2.05) is 11.3 Å². The molecule has 0 spiro atoms. The average molecular weight is 224 g/mol. The predicted molar refractivity (Wildman–Crippen MR) is 70.5 cm³/mol. The minimum atomic E-state index is 0.830. The molecule has 0 saturated heterocycles. The van der Waals surface area contributed by atoms with Crippen LogP contribution in [0.1, 0.15) is 52.0 Å². The quantitative estimate of drug-likeness (QED) is 0.562. The van der Waals surface area contributed by atoms with Crippen LogP contribution in [0.5, 0.6) is 0 Å².